The standard InChI is InChI=1S/C19H18N4O2S/c24-18(6-4-15-2-1-11-26-15)22-7-9-23(10-8-22)19(25)14-3-5-16-17(12-14)21-13-20-16/h1-6,11-13H,7-10H2,(H,20,21). The second-order valence-corrected chi connectivity index (χ2v) is 7.08. The van der Waals surface area contributed by atoms with E-state index in [1.165, 1.54) is 0 Å². The number of nitrogens with zero attached hydrogens (tertiary/aromatic N) is 3. The highest BCUT2D eigenvalue weighted by Crippen LogP contribution is 2.15. The maximum absolute atomic E-state index is 12.7. The number of aromatic amines is 1. The Morgan fingerprint density at radius 1 is 1.12 bits per heavy atom. The summed E-state index contributed by atoms with van der Waals surface area (Å²) in [5.74, 6) is -0.0212. The Balaban J connectivity index is 1.36. The quantitative estimate of drug-likeness (QED) is 0.725. The summed E-state index contributed by atoms with van der Waals surface area (Å²) in [7, 11) is 0. The molecule has 2 amide bonds. The van der Waals surface area contributed by atoms with Crippen molar-refractivity contribution in [3.8, 4) is 0 Å². The largest absolute Gasteiger partial charge is 0.345 e. The smallest absolute Gasteiger partial charge is 0.254 e. The van der Waals surface area contributed by atoms with Crippen molar-refractivity contribution in [2.24, 2.45) is 0 Å². The Bertz CT molecular complexity index is 953. The lowest BCUT2D eigenvalue weighted by atomic mass is 10.1. The molecule has 1 aliphatic rings. The van der Waals surface area contributed by atoms with Crippen LogP contribution in [0, 0.1) is 0 Å². The van der Waals surface area contributed by atoms with Crippen LogP contribution < -0.4 is 0 Å². The van der Waals surface area contributed by atoms with Gasteiger partial charge in [0.15, 0.2) is 0 Å². The highest BCUT2D eigenvalue weighted by molar-refractivity contribution is 7.10. The van der Waals surface area contributed by atoms with Gasteiger partial charge in [-0.25, -0.2) is 4.98 Å². The number of aromatic nitrogens is 2. The van der Waals surface area contributed by atoms with Gasteiger partial charge in [-0.05, 0) is 35.7 Å². The van der Waals surface area contributed by atoms with Gasteiger partial charge in [0, 0.05) is 42.7 Å². The zero-order valence-electron chi connectivity index (χ0n) is 14.1. The minimum Gasteiger partial charge on any atom is -0.345 e. The molecule has 0 saturated carbocycles. The highest BCUT2D eigenvalue weighted by atomic mass is 32.1. The van der Waals surface area contributed by atoms with E-state index in [-0.39, 0.29) is 11.8 Å². The molecule has 6 nitrogen and oxygen atoms in total. The van der Waals surface area contributed by atoms with Gasteiger partial charge in [0.25, 0.3) is 5.91 Å². The van der Waals surface area contributed by atoms with Crippen molar-refractivity contribution >= 4 is 40.3 Å². The summed E-state index contributed by atoms with van der Waals surface area (Å²) in [6.45, 7) is 2.17. The third-order valence-electron chi connectivity index (χ3n) is 4.48. The van der Waals surface area contributed by atoms with Crippen LogP contribution in [0.4, 0.5) is 0 Å². The number of carbonyl (C=O) groups excluding carboxylic acids is 2. The first-order valence-electron chi connectivity index (χ1n) is 8.43. The first-order chi connectivity index (χ1) is 12.7. The minimum atomic E-state index is -0.0114. The maximum Gasteiger partial charge on any atom is 0.254 e. The Kier molecular flexibility index (Phi) is 4.53. The lowest BCUT2D eigenvalue weighted by Gasteiger charge is -2.34. The minimum absolute atomic E-state index is 0.00983. The Labute approximate surface area is 154 Å². The lowest BCUT2D eigenvalue weighted by molar-refractivity contribution is -0.127. The monoisotopic (exact) mass is 366 g/mol. The van der Waals surface area contributed by atoms with Crippen LogP contribution in [0.3, 0.4) is 0 Å². The highest BCUT2D eigenvalue weighted by Gasteiger charge is 2.24. The SMILES string of the molecule is O=C(C=Cc1cccs1)N1CCN(C(=O)c2ccc3nc[nH]c3c2)CC1. The second kappa shape index (κ2) is 7.13. The van der Waals surface area contributed by atoms with E-state index in [0.29, 0.717) is 31.7 Å². The van der Waals surface area contributed by atoms with E-state index in [4.69, 9.17) is 0 Å². The lowest BCUT2D eigenvalue weighted by Crippen LogP contribution is -2.50. The average Bonchev–Trinajstić information content (AvgIpc) is 3.36. The average molecular weight is 366 g/mol. The van der Waals surface area contributed by atoms with Crippen LogP contribution in [0.2, 0.25) is 0 Å². The fourth-order valence-corrected chi connectivity index (χ4v) is 3.64. The van der Waals surface area contributed by atoms with Gasteiger partial charge in [-0.15, -0.1) is 11.3 Å². The van der Waals surface area contributed by atoms with Gasteiger partial charge in [0.1, 0.15) is 0 Å². The van der Waals surface area contributed by atoms with Gasteiger partial charge in [-0.3, -0.25) is 9.59 Å². The third-order valence-corrected chi connectivity index (χ3v) is 5.32. The molecule has 1 aromatic carbocycles. The summed E-state index contributed by atoms with van der Waals surface area (Å²) in [5.41, 5.74) is 2.33. The Morgan fingerprint density at radius 2 is 1.92 bits per heavy atom. The van der Waals surface area contributed by atoms with E-state index < -0.39 is 0 Å². The van der Waals surface area contributed by atoms with Crippen molar-refractivity contribution in [2.75, 3.05) is 26.2 Å². The fraction of sp³-hybridized carbons (Fsp3) is 0.211. The van der Waals surface area contributed by atoms with Crippen molar-refractivity contribution in [3.05, 3.63) is 58.6 Å². The summed E-state index contributed by atoms with van der Waals surface area (Å²) < 4.78 is 0. The van der Waals surface area contributed by atoms with Crippen LogP contribution >= 0.6 is 11.3 Å². The molecule has 0 aliphatic carbocycles. The van der Waals surface area contributed by atoms with Crippen LogP contribution in [-0.4, -0.2) is 57.8 Å². The number of H-pyrrole nitrogens is 1. The first kappa shape index (κ1) is 16.5. The molecule has 0 radical (unpaired) electrons. The molecule has 7 heteroatoms. The van der Waals surface area contributed by atoms with Crippen LogP contribution in [0.15, 0.2) is 48.1 Å². The predicted octanol–water partition coefficient (Wildman–Crippen LogP) is 2.62. The Hall–Kier alpha value is -2.93. The van der Waals surface area contributed by atoms with E-state index in [0.717, 1.165) is 15.9 Å². The topological polar surface area (TPSA) is 69.3 Å². The van der Waals surface area contributed by atoms with Crippen LogP contribution in [0.25, 0.3) is 17.1 Å². The van der Waals surface area contributed by atoms with Gasteiger partial charge < -0.3 is 14.8 Å². The number of rotatable bonds is 3. The number of thiophene rings is 1. The summed E-state index contributed by atoms with van der Waals surface area (Å²) >= 11 is 1.60. The molecule has 3 heterocycles. The van der Waals surface area contributed by atoms with Crippen LogP contribution in [-0.2, 0) is 4.79 Å². The molecule has 1 saturated heterocycles. The zero-order chi connectivity index (χ0) is 17.9. The van der Waals surface area contributed by atoms with Crippen molar-refractivity contribution in [3.63, 3.8) is 0 Å². The van der Waals surface area contributed by atoms with E-state index >= 15 is 0 Å². The second-order valence-electron chi connectivity index (χ2n) is 6.10. The van der Waals surface area contributed by atoms with Crippen molar-refractivity contribution < 1.29 is 9.59 Å². The fourth-order valence-electron chi connectivity index (χ4n) is 3.03. The Morgan fingerprint density at radius 3 is 2.69 bits per heavy atom. The normalized spacial score (nSPS) is 15.1. The number of hydrogen-bond donors (Lipinski definition) is 1. The zero-order valence-corrected chi connectivity index (χ0v) is 14.9. The molecule has 0 atom stereocenters. The van der Waals surface area contributed by atoms with Gasteiger partial charge in [0.05, 0.1) is 17.4 Å². The molecular formula is C19H18N4O2S. The molecule has 1 aliphatic heterocycles. The van der Waals surface area contributed by atoms with Crippen molar-refractivity contribution in [1.82, 2.24) is 19.8 Å². The molecule has 4 rings (SSSR count). The van der Waals surface area contributed by atoms with E-state index in [9.17, 15) is 9.59 Å². The molecule has 0 unspecified atom stereocenters. The summed E-state index contributed by atoms with van der Waals surface area (Å²) in [5, 5.41) is 1.98. The first-order valence-corrected chi connectivity index (χ1v) is 9.31. The third kappa shape index (κ3) is 3.39. The van der Waals surface area contributed by atoms with Crippen LogP contribution in [0.5, 0.6) is 0 Å². The maximum atomic E-state index is 12.7. The number of carbonyl (C=O) groups is 2. The molecular weight excluding hydrogens is 348 g/mol. The van der Waals surface area contributed by atoms with E-state index in [1.54, 1.807) is 39.6 Å². The number of imidazole rings is 1. The van der Waals surface area contributed by atoms with Crippen LogP contribution in [0.1, 0.15) is 15.2 Å². The molecule has 1 N–H and O–H groups in total. The van der Waals surface area contributed by atoms with E-state index in [1.807, 2.05) is 35.7 Å². The molecule has 26 heavy (non-hydrogen) atoms. The van der Waals surface area contributed by atoms with Gasteiger partial charge in [0.2, 0.25) is 5.91 Å². The number of nitrogens with one attached hydrogen (secondary N) is 1. The number of fused-ring (bicyclic) bond motifs is 1. The molecule has 3 aromatic rings. The summed E-state index contributed by atoms with van der Waals surface area (Å²) in [6.07, 6.45) is 5.06. The predicted molar refractivity (Wildman–Crippen MR) is 102 cm³/mol. The van der Waals surface area contributed by atoms with Crippen molar-refractivity contribution in [2.45, 2.75) is 0 Å². The number of benzene rings is 1. The number of hydrogen-bond acceptors (Lipinski definition) is 4. The number of piperazine rings is 1. The van der Waals surface area contributed by atoms with Gasteiger partial charge >= 0.3 is 0 Å². The molecule has 0 spiro atoms. The van der Waals surface area contributed by atoms with Gasteiger partial charge in [-0.2, -0.15) is 0 Å². The molecule has 132 valence electrons. The molecule has 0 bridgehead atoms. The molecule has 2 aromatic heterocycles. The number of amides is 2. The van der Waals surface area contributed by atoms with Gasteiger partial charge in [-0.1, -0.05) is 6.07 Å². The van der Waals surface area contributed by atoms with E-state index in [2.05, 4.69) is 9.97 Å². The van der Waals surface area contributed by atoms with Crippen molar-refractivity contribution in [1.29, 1.82) is 0 Å². The molecule has 1 fully saturated rings. The summed E-state index contributed by atoms with van der Waals surface area (Å²) in [4.78, 5) is 36.8. The summed E-state index contributed by atoms with van der Waals surface area (Å²) in [6, 6.07) is 9.40.